The van der Waals surface area contributed by atoms with Crippen LogP contribution >= 0.6 is 35.4 Å². The number of halogens is 2. The average molecular weight is 510 g/mol. The third-order valence-corrected chi connectivity index (χ3v) is 6.50. The van der Waals surface area contributed by atoms with Gasteiger partial charge in [-0.3, -0.25) is 4.98 Å². The Morgan fingerprint density at radius 1 is 1.06 bits per heavy atom. The molecule has 5 rings (SSSR count). The number of carbonyl (C=O) groups is 1. The van der Waals surface area contributed by atoms with Crippen molar-refractivity contribution in [2.75, 3.05) is 4.90 Å². The second kappa shape index (κ2) is 9.10. The first kappa shape index (κ1) is 22.4. The highest BCUT2D eigenvalue weighted by Gasteiger charge is 2.42. The van der Waals surface area contributed by atoms with Gasteiger partial charge in [0, 0.05) is 22.5 Å². The minimum atomic E-state index is -1.04. The van der Waals surface area contributed by atoms with Crippen LogP contribution in [0, 0.1) is 0 Å². The maximum Gasteiger partial charge on any atom is 0.335 e. The van der Waals surface area contributed by atoms with Crippen LogP contribution in [0.25, 0.3) is 11.3 Å². The number of rotatable bonds is 5. The van der Waals surface area contributed by atoms with Crippen LogP contribution < -0.4 is 10.2 Å². The van der Waals surface area contributed by atoms with E-state index in [0.717, 1.165) is 11.4 Å². The summed E-state index contributed by atoms with van der Waals surface area (Å²) in [6.45, 7) is 0. The number of furan rings is 1. The molecule has 1 aliphatic rings. The molecule has 2 N–H and O–H groups in total. The maximum atomic E-state index is 11.5. The number of aromatic nitrogens is 1. The molecule has 4 aromatic rings. The molecular weight excluding hydrogens is 493 g/mol. The molecule has 1 saturated heterocycles. The lowest BCUT2D eigenvalue weighted by molar-refractivity contribution is 0.0697. The Hall–Kier alpha value is -3.39. The van der Waals surface area contributed by atoms with Gasteiger partial charge in [0.25, 0.3) is 0 Å². The summed E-state index contributed by atoms with van der Waals surface area (Å²) >= 11 is 18.2. The summed E-state index contributed by atoms with van der Waals surface area (Å²) in [5.41, 5.74) is 2.26. The van der Waals surface area contributed by atoms with Crippen molar-refractivity contribution >= 4 is 52.2 Å². The number of carboxylic acids is 1. The molecule has 0 bridgehead atoms. The highest BCUT2D eigenvalue weighted by molar-refractivity contribution is 7.80. The molecule has 3 heterocycles. The van der Waals surface area contributed by atoms with Gasteiger partial charge >= 0.3 is 5.97 Å². The Bertz CT molecular complexity index is 1380. The van der Waals surface area contributed by atoms with Crippen molar-refractivity contribution in [3.63, 3.8) is 0 Å². The number of benzene rings is 2. The Morgan fingerprint density at radius 3 is 2.56 bits per heavy atom. The van der Waals surface area contributed by atoms with E-state index in [1.165, 1.54) is 12.1 Å². The largest absolute Gasteiger partial charge is 0.478 e. The van der Waals surface area contributed by atoms with Gasteiger partial charge < -0.3 is 19.7 Å². The van der Waals surface area contributed by atoms with Crippen LogP contribution in [-0.4, -0.2) is 21.2 Å². The molecule has 6 nitrogen and oxygen atoms in total. The zero-order valence-corrected chi connectivity index (χ0v) is 19.8. The van der Waals surface area contributed by atoms with Gasteiger partial charge in [-0.2, -0.15) is 0 Å². The topological polar surface area (TPSA) is 78.6 Å². The number of hydrogen-bond acceptors (Lipinski definition) is 4. The van der Waals surface area contributed by atoms with E-state index < -0.39 is 5.97 Å². The van der Waals surface area contributed by atoms with Gasteiger partial charge in [0.05, 0.1) is 22.3 Å². The zero-order chi connectivity index (χ0) is 23.8. The molecule has 9 heteroatoms. The molecule has 1 aliphatic heterocycles. The van der Waals surface area contributed by atoms with Gasteiger partial charge in [-0.05, 0) is 78.9 Å². The summed E-state index contributed by atoms with van der Waals surface area (Å²) in [4.78, 5) is 17.9. The van der Waals surface area contributed by atoms with Crippen LogP contribution in [0.5, 0.6) is 0 Å². The number of nitrogens with one attached hydrogen (secondary N) is 1. The van der Waals surface area contributed by atoms with Crippen molar-refractivity contribution in [3.8, 4) is 11.3 Å². The molecule has 0 spiro atoms. The number of hydrogen-bond donors (Lipinski definition) is 2. The lowest BCUT2D eigenvalue weighted by Crippen LogP contribution is -2.29. The summed E-state index contributed by atoms with van der Waals surface area (Å²) in [5.74, 6) is 0.0284. The number of anilines is 1. The van der Waals surface area contributed by atoms with Crippen LogP contribution in [0.15, 0.2) is 83.4 Å². The molecule has 170 valence electrons. The number of pyridine rings is 1. The van der Waals surface area contributed by atoms with E-state index in [0.29, 0.717) is 32.2 Å². The molecule has 2 atom stereocenters. The minimum absolute atomic E-state index is 0.121. The van der Waals surface area contributed by atoms with E-state index in [1.807, 2.05) is 41.3 Å². The van der Waals surface area contributed by atoms with Crippen molar-refractivity contribution in [1.29, 1.82) is 0 Å². The summed E-state index contributed by atoms with van der Waals surface area (Å²) < 4.78 is 6.27. The van der Waals surface area contributed by atoms with Crippen LogP contribution in [0.4, 0.5) is 5.69 Å². The van der Waals surface area contributed by atoms with E-state index in [9.17, 15) is 9.90 Å². The molecular formula is C25H17Cl2N3O3S. The van der Waals surface area contributed by atoms with E-state index in [-0.39, 0.29) is 17.6 Å². The smallest absolute Gasteiger partial charge is 0.335 e. The molecule has 0 radical (unpaired) electrons. The van der Waals surface area contributed by atoms with E-state index in [4.69, 9.17) is 39.8 Å². The SMILES string of the molecule is O=C(O)c1ccc(Cl)c(-c2ccc([C@H]3[C@@H](c4ccccn4)NC(=S)N3c3ccc(Cl)cc3)o2)c1. The third-order valence-electron chi connectivity index (χ3n) is 5.60. The molecule has 0 saturated carbocycles. The number of aromatic carboxylic acids is 1. The standard InChI is InChI=1S/C25H17Cl2N3O3S/c26-15-5-7-16(8-6-15)30-23(22(29-25(30)34)19-3-1-2-12-28-19)21-11-10-20(33-21)17-13-14(24(31)32)4-9-18(17)27/h1-13,22-23H,(H,29,34)(H,31,32)/t22-,23+/m1/s1. The first-order valence-electron chi connectivity index (χ1n) is 10.3. The summed E-state index contributed by atoms with van der Waals surface area (Å²) in [7, 11) is 0. The summed E-state index contributed by atoms with van der Waals surface area (Å²) in [5, 5.41) is 14.3. The molecule has 2 aromatic carbocycles. The van der Waals surface area contributed by atoms with Gasteiger partial charge in [0.2, 0.25) is 0 Å². The second-order valence-corrected chi connectivity index (χ2v) is 8.91. The predicted molar refractivity (Wildman–Crippen MR) is 135 cm³/mol. The fraction of sp³-hybridized carbons (Fsp3) is 0.0800. The van der Waals surface area contributed by atoms with E-state index >= 15 is 0 Å². The normalized spacial score (nSPS) is 17.6. The Kier molecular flexibility index (Phi) is 6.00. The predicted octanol–water partition coefficient (Wildman–Crippen LogP) is 6.52. The first-order valence-corrected chi connectivity index (χ1v) is 11.5. The van der Waals surface area contributed by atoms with Crippen molar-refractivity contribution in [1.82, 2.24) is 10.3 Å². The Labute approximate surface area is 210 Å². The van der Waals surface area contributed by atoms with Crippen LogP contribution in [0.2, 0.25) is 10.0 Å². The van der Waals surface area contributed by atoms with Gasteiger partial charge in [-0.25, -0.2) is 4.79 Å². The fourth-order valence-electron chi connectivity index (χ4n) is 4.03. The molecule has 0 amide bonds. The van der Waals surface area contributed by atoms with Crippen LogP contribution in [0.1, 0.15) is 33.9 Å². The summed E-state index contributed by atoms with van der Waals surface area (Å²) in [6.07, 6.45) is 1.73. The van der Waals surface area contributed by atoms with Gasteiger partial charge in [-0.1, -0.05) is 29.3 Å². The lowest BCUT2D eigenvalue weighted by atomic mass is 10.0. The molecule has 0 aliphatic carbocycles. The van der Waals surface area contributed by atoms with Crippen LogP contribution in [-0.2, 0) is 0 Å². The lowest BCUT2D eigenvalue weighted by Gasteiger charge is -2.26. The number of carboxylic acid groups (broad SMARTS) is 1. The number of thiocarbonyl (C=S) groups is 1. The molecule has 1 fully saturated rings. The number of nitrogens with zero attached hydrogens (tertiary/aromatic N) is 2. The van der Waals surface area contributed by atoms with Crippen molar-refractivity contribution in [3.05, 3.63) is 106 Å². The van der Waals surface area contributed by atoms with Crippen molar-refractivity contribution in [2.24, 2.45) is 0 Å². The van der Waals surface area contributed by atoms with Crippen molar-refractivity contribution in [2.45, 2.75) is 12.1 Å². The van der Waals surface area contributed by atoms with Gasteiger partial charge in [-0.15, -0.1) is 0 Å². The van der Waals surface area contributed by atoms with E-state index in [2.05, 4.69) is 10.3 Å². The first-order chi connectivity index (χ1) is 16.4. The minimum Gasteiger partial charge on any atom is -0.478 e. The quantitative estimate of drug-likeness (QED) is 0.296. The third kappa shape index (κ3) is 4.14. The monoisotopic (exact) mass is 509 g/mol. The van der Waals surface area contributed by atoms with E-state index in [1.54, 1.807) is 30.5 Å². The zero-order valence-electron chi connectivity index (χ0n) is 17.5. The second-order valence-electron chi connectivity index (χ2n) is 7.67. The maximum absolute atomic E-state index is 11.5. The average Bonchev–Trinajstić information content (AvgIpc) is 3.45. The molecule has 0 unspecified atom stereocenters. The van der Waals surface area contributed by atoms with Crippen molar-refractivity contribution < 1.29 is 14.3 Å². The summed E-state index contributed by atoms with van der Waals surface area (Å²) in [6, 6.07) is 20.5. The highest BCUT2D eigenvalue weighted by atomic mass is 35.5. The Morgan fingerprint density at radius 2 is 1.85 bits per heavy atom. The fourth-order valence-corrected chi connectivity index (χ4v) is 4.71. The Balaban J connectivity index is 1.61. The molecule has 34 heavy (non-hydrogen) atoms. The highest BCUT2D eigenvalue weighted by Crippen LogP contribution is 2.43. The van der Waals surface area contributed by atoms with Gasteiger partial charge in [0.1, 0.15) is 17.6 Å². The van der Waals surface area contributed by atoms with Gasteiger partial charge in [0.15, 0.2) is 5.11 Å². The molecule has 2 aromatic heterocycles. The van der Waals surface area contributed by atoms with Crippen LogP contribution in [0.3, 0.4) is 0 Å².